The average molecular weight is 235 g/mol. The van der Waals surface area contributed by atoms with Crippen LogP contribution in [0.5, 0.6) is 0 Å². The van der Waals surface area contributed by atoms with Gasteiger partial charge in [-0.1, -0.05) is 17.7 Å². The van der Waals surface area contributed by atoms with E-state index in [0.717, 1.165) is 0 Å². The molecule has 0 spiro atoms. The first-order valence-electron chi connectivity index (χ1n) is 3.92. The van der Waals surface area contributed by atoms with Crippen LogP contribution in [0.25, 0.3) is 0 Å². The Bertz CT molecular complexity index is 431. The molecule has 0 saturated heterocycles. The lowest BCUT2D eigenvalue weighted by molar-refractivity contribution is 0.588. The van der Waals surface area contributed by atoms with Crippen LogP contribution in [-0.2, 0) is 10.0 Å². The van der Waals surface area contributed by atoms with Gasteiger partial charge in [0, 0.05) is 7.05 Å². The number of benzene rings is 1. The third kappa shape index (κ3) is 2.00. The second kappa shape index (κ2) is 4.16. The lowest BCUT2D eigenvalue weighted by Crippen LogP contribution is -2.19. The molecule has 0 aromatic heterocycles. The monoisotopic (exact) mass is 234 g/mol. The maximum absolute atomic E-state index is 11.5. The van der Waals surface area contributed by atoms with E-state index in [1.165, 1.54) is 13.1 Å². The van der Waals surface area contributed by atoms with Crippen molar-refractivity contribution in [2.45, 2.75) is 4.90 Å². The second-order valence-corrected chi connectivity index (χ2v) is 4.83. The van der Waals surface area contributed by atoms with Crippen molar-refractivity contribution in [3.63, 3.8) is 0 Å². The number of halogens is 1. The van der Waals surface area contributed by atoms with Crippen molar-refractivity contribution in [3.8, 4) is 0 Å². The molecule has 0 radical (unpaired) electrons. The number of sulfonamides is 1. The zero-order valence-electron chi connectivity index (χ0n) is 7.83. The molecule has 1 aromatic rings. The van der Waals surface area contributed by atoms with Gasteiger partial charge in [-0.05, 0) is 19.2 Å². The van der Waals surface area contributed by atoms with Gasteiger partial charge in [0.1, 0.15) is 4.90 Å². The number of hydrogen-bond acceptors (Lipinski definition) is 3. The third-order valence-electron chi connectivity index (χ3n) is 1.78. The first-order valence-corrected chi connectivity index (χ1v) is 5.79. The SMILES string of the molecule is CNc1c(Cl)cccc1S(=O)(=O)NC. The molecule has 0 aliphatic carbocycles. The smallest absolute Gasteiger partial charge is 0.242 e. The van der Waals surface area contributed by atoms with E-state index in [-0.39, 0.29) is 4.90 Å². The molecule has 0 aliphatic rings. The molecule has 2 N–H and O–H groups in total. The topological polar surface area (TPSA) is 58.2 Å². The molecule has 0 saturated carbocycles. The standard InChI is InChI=1S/C8H11ClN2O2S/c1-10-8-6(9)4-3-5-7(8)14(12,13)11-2/h3-5,10-11H,1-2H3. The van der Waals surface area contributed by atoms with Gasteiger partial charge >= 0.3 is 0 Å². The Morgan fingerprint density at radius 2 is 1.93 bits per heavy atom. The molecule has 1 aromatic carbocycles. The molecule has 14 heavy (non-hydrogen) atoms. The fourth-order valence-electron chi connectivity index (χ4n) is 1.08. The molecule has 0 amide bonds. The minimum Gasteiger partial charge on any atom is -0.386 e. The second-order valence-electron chi connectivity index (χ2n) is 2.57. The minimum atomic E-state index is -3.46. The molecule has 0 aliphatic heterocycles. The van der Waals surface area contributed by atoms with Crippen LogP contribution >= 0.6 is 11.6 Å². The van der Waals surface area contributed by atoms with Crippen molar-refractivity contribution in [3.05, 3.63) is 23.2 Å². The molecule has 4 nitrogen and oxygen atoms in total. The number of nitrogens with one attached hydrogen (secondary N) is 2. The Morgan fingerprint density at radius 3 is 2.43 bits per heavy atom. The molecule has 0 atom stereocenters. The highest BCUT2D eigenvalue weighted by atomic mass is 35.5. The highest BCUT2D eigenvalue weighted by Crippen LogP contribution is 2.28. The van der Waals surface area contributed by atoms with Crippen molar-refractivity contribution < 1.29 is 8.42 Å². The Balaban J connectivity index is 3.42. The van der Waals surface area contributed by atoms with Crippen molar-refractivity contribution in [1.82, 2.24) is 4.72 Å². The summed E-state index contributed by atoms with van der Waals surface area (Å²) in [7, 11) is -0.483. The van der Waals surface area contributed by atoms with E-state index in [4.69, 9.17) is 11.6 Å². The van der Waals surface area contributed by atoms with Gasteiger partial charge in [-0.3, -0.25) is 0 Å². The maximum atomic E-state index is 11.5. The molecular formula is C8H11ClN2O2S. The molecule has 78 valence electrons. The summed E-state index contributed by atoms with van der Waals surface area (Å²) >= 11 is 5.84. The highest BCUT2D eigenvalue weighted by molar-refractivity contribution is 7.89. The van der Waals surface area contributed by atoms with Gasteiger partial charge in [0.05, 0.1) is 10.7 Å². The fourth-order valence-corrected chi connectivity index (χ4v) is 2.36. The molecular weight excluding hydrogens is 224 g/mol. The van der Waals surface area contributed by atoms with Gasteiger partial charge in [0.2, 0.25) is 10.0 Å². The van der Waals surface area contributed by atoms with Crippen LogP contribution < -0.4 is 10.0 Å². The van der Waals surface area contributed by atoms with E-state index in [2.05, 4.69) is 10.0 Å². The Hall–Kier alpha value is -0.780. The van der Waals surface area contributed by atoms with Gasteiger partial charge < -0.3 is 5.32 Å². The van der Waals surface area contributed by atoms with Gasteiger partial charge in [-0.2, -0.15) is 0 Å². The summed E-state index contributed by atoms with van der Waals surface area (Å²) in [6, 6.07) is 4.71. The lowest BCUT2D eigenvalue weighted by Gasteiger charge is -2.10. The maximum Gasteiger partial charge on any atom is 0.242 e. The van der Waals surface area contributed by atoms with Crippen molar-refractivity contribution in [1.29, 1.82) is 0 Å². The predicted molar refractivity (Wildman–Crippen MR) is 57.2 cm³/mol. The summed E-state index contributed by atoms with van der Waals surface area (Å²) in [5, 5.41) is 3.13. The number of anilines is 1. The molecule has 0 fully saturated rings. The zero-order valence-corrected chi connectivity index (χ0v) is 9.41. The van der Waals surface area contributed by atoms with E-state index in [1.54, 1.807) is 19.2 Å². The van der Waals surface area contributed by atoms with E-state index in [9.17, 15) is 8.42 Å². The quantitative estimate of drug-likeness (QED) is 0.829. The van der Waals surface area contributed by atoms with Crippen LogP contribution in [0, 0.1) is 0 Å². The van der Waals surface area contributed by atoms with Crippen molar-refractivity contribution in [2.24, 2.45) is 0 Å². The van der Waals surface area contributed by atoms with Gasteiger partial charge in [-0.15, -0.1) is 0 Å². The fraction of sp³-hybridized carbons (Fsp3) is 0.250. The minimum absolute atomic E-state index is 0.148. The van der Waals surface area contributed by atoms with Crippen molar-refractivity contribution in [2.75, 3.05) is 19.4 Å². The first kappa shape index (κ1) is 11.3. The normalized spacial score (nSPS) is 11.4. The molecule has 0 heterocycles. The zero-order chi connectivity index (χ0) is 10.8. The van der Waals surface area contributed by atoms with Crippen molar-refractivity contribution >= 4 is 27.3 Å². The first-order chi connectivity index (χ1) is 6.53. The number of rotatable bonds is 3. The van der Waals surface area contributed by atoms with Crippen LogP contribution in [0.3, 0.4) is 0 Å². The molecule has 1 rings (SSSR count). The summed E-state index contributed by atoms with van der Waals surface area (Å²) in [5.41, 5.74) is 0.406. The Morgan fingerprint density at radius 1 is 1.29 bits per heavy atom. The predicted octanol–water partition coefficient (Wildman–Crippen LogP) is 1.29. The Labute approximate surface area is 88.3 Å². The molecule has 0 unspecified atom stereocenters. The van der Waals surface area contributed by atoms with E-state index < -0.39 is 10.0 Å². The van der Waals surface area contributed by atoms with Gasteiger partial charge in [-0.25, -0.2) is 13.1 Å². The van der Waals surface area contributed by atoms with Crippen LogP contribution in [0.2, 0.25) is 5.02 Å². The summed E-state index contributed by atoms with van der Waals surface area (Å²) < 4.78 is 25.3. The van der Waals surface area contributed by atoms with Crippen LogP contribution in [0.1, 0.15) is 0 Å². The van der Waals surface area contributed by atoms with Crippen LogP contribution in [0.15, 0.2) is 23.1 Å². The molecule has 6 heteroatoms. The largest absolute Gasteiger partial charge is 0.386 e. The average Bonchev–Trinajstić information content (AvgIpc) is 2.17. The summed E-state index contributed by atoms with van der Waals surface area (Å²) in [5.74, 6) is 0. The third-order valence-corrected chi connectivity index (χ3v) is 3.56. The Kier molecular flexibility index (Phi) is 3.36. The highest BCUT2D eigenvalue weighted by Gasteiger charge is 2.17. The van der Waals surface area contributed by atoms with Gasteiger partial charge in [0.25, 0.3) is 0 Å². The lowest BCUT2D eigenvalue weighted by atomic mass is 10.3. The summed E-state index contributed by atoms with van der Waals surface area (Å²) in [4.78, 5) is 0.148. The molecule has 0 bridgehead atoms. The van der Waals surface area contributed by atoms with Gasteiger partial charge in [0.15, 0.2) is 0 Å². The van der Waals surface area contributed by atoms with Crippen LogP contribution in [-0.4, -0.2) is 22.5 Å². The van der Waals surface area contributed by atoms with Crippen LogP contribution in [0.4, 0.5) is 5.69 Å². The number of para-hydroxylation sites is 1. The number of hydrogen-bond donors (Lipinski definition) is 2. The van der Waals surface area contributed by atoms with E-state index in [0.29, 0.717) is 10.7 Å². The van der Waals surface area contributed by atoms with E-state index >= 15 is 0 Å². The summed E-state index contributed by atoms with van der Waals surface area (Å²) in [6.45, 7) is 0. The summed E-state index contributed by atoms with van der Waals surface area (Å²) in [6.07, 6.45) is 0. The van der Waals surface area contributed by atoms with E-state index in [1.807, 2.05) is 0 Å².